The maximum atomic E-state index is 12.2. The molecule has 0 atom stereocenters. The zero-order valence-electron chi connectivity index (χ0n) is 8.32. The smallest absolute Gasteiger partial charge is 0.300 e. The van der Waals surface area contributed by atoms with Crippen molar-refractivity contribution < 1.29 is 22.0 Å². The summed E-state index contributed by atoms with van der Waals surface area (Å²) in [6, 6.07) is 0. The Labute approximate surface area is 87.3 Å². The Morgan fingerprint density at radius 3 is 2.13 bits per heavy atom. The van der Waals surface area contributed by atoms with E-state index in [0.717, 1.165) is 4.31 Å². The van der Waals surface area contributed by atoms with E-state index in [4.69, 9.17) is 0 Å². The lowest BCUT2D eigenvalue weighted by Gasteiger charge is -2.29. The van der Waals surface area contributed by atoms with E-state index in [1.807, 2.05) is 0 Å². The number of Topliss-reactive ketones (excluding diaryl/α,β-unsaturated/α-hetero) is 1. The molecule has 1 fully saturated rings. The van der Waals surface area contributed by atoms with Gasteiger partial charge in [-0.3, -0.25) is 4.79 Å². The lowest BCUT2D eigenvalue weighted by atomic mass is 9.95. The molecule has 0 unspecified atom stereocenters. The zero-order valence-corrected chi connectivity index (χ0v) is 9.14. The molecule has 1 aliphatic heterocycles. The van der Waals surface area contributed by atoms with Gasteiger partial charge in [-0.25, -0.2) is 8.42 Å². The third-order valence-electron chi connectivity index (χ3n) is 2.61. The van der Waals surface area contributed by atoms with Crippen LogP contribution < -0.4 is 0 Å². The second-order valence-corrected chi connectivity index (χ2v) is 5.49. The Bertz CT molecular complexity index is 334. The van der Waals surface area contributed by atoms with Gasteiger partial charge in [0, 0.05) is 19.0 Å². The highest BCUT2D eigenvalue weighted by atomic mass is 32.2. The first-order chi connectivity index (χ1) is 6.85. The lowest BCUT2D eigenvalue weighted by Crippen LogP contribution is -2.42. The van der Waals surface area contributed by atoms with Crippen LogP contribution in [0.1, 0.15) is 19.8 Å². The fourth-order valence-corrected chi connectivity index (χ4v) is 2.57. The standard InChI is InChI=1S/C8H13F2NO3S/c1-6(12)7-2-4-11(5-3-7)15(13,14)8(9)10/h7-8H,2-5H2,1H3. The molecule has 0 aromatic rings. The van der Waals surface area contributed by atoms with Gasteiger partial charge in [0.1, 0.15) is 5.78 Å². The number of nitrogens with zero attached hydrogens (tertiary/aromatic N) is 1. The van der Waals surface area contributed by atoms with Gasteiger partial charge in [0.15, 0.2) is 0 Å². The van der Waals surface area contributed by atoms with Crippen LogP contribution in [0, 0.1) is 5.92 Å². The maximum absolute atomic E-state index is 12.2. The second-order valence-electron chi connectivity index (χ2n) is 3.59. The summed E-state index contributed by atoms with van der Waals surface area (Å²) in [5.74, 6) is -3.57. The summed E-state index contributed by atoms with van der Waals surface area (Å²) in [5, 5.41) is 0. The quantitative estimate of drug-likeness (QED) is 0.735. The molecule has 0 amide bonds. The van der Waals surface area contributed by atoms with Crippen LogP contribution in [0.2, 0.25) is 0 Å². The molecule has 1 rings (SSSR count). The Morgan fingerprint density at radius 2 is 1.80 bits per heavy atom. The van der Waals surface area contributed by atoms with Crippen molar-refractivity contribution in [3.63, 3.8) is 0 Å². The Morgan fingerprint density at radius 1 is 1.33 bits per heavy atom. The second kappa shape index (κ2) is 4.52. The van der Waals surface area contributed by atoms with E-state index >= 15 is 0 Å². The van der Waals surface area contributed by atoms with Crippen molar-refractivity contribution in [2.75, 3.05) is 13.1 Å². The van der Waals surface area contributed by atoms with Gasteiger partial charge in [0.2, 0.25) is 0 Å². The highest BCUT2D eigenvalue weighted by Gasteiger charge is 2.35. The predicted molar refractivity (Wildman–Crippen MR) is 49.9 cm³/mol. The SMILES string of the molecule is CC(=O)C1CCN(S(=O)(=O)C(F)F)CC1. The van der Waals surface area contributed by atoms with Crippen LogP contribution in [0.25, 0.3) is 0 Å². The number of hydrogen-bond donors (Lipinski definition) is 0. The molecule has 0 spiro atoms. The summed E-state index contributed by atoms with van der Waals surface area (Å²) < 4.78 is 47.2. The molecule has 0 bridgehead atoms. The normalized spacial score (nSPS) is 20.8. The van der Waals surface area contributed by atoms with E-state index in [1.165, 1.54) is 6.92 Å². The topological polar surface area (TPSA) is 54.5 Å². The highest BCUT2D eigenvalue weighted by molar-refractivity contribution is 7.89. The van der Waals surface area contributed by atoms with Crippen LogP contribution in [-0.2, 0) is 14.8 Å². The van der Waals surface area contributed by atoms with E-state index in [-0.39, 0.29) is 24.8 Å². The van der Waals surface area contributed by atoms with E-state index < -0.39 is 15.8 Å². The molecular formula is C8H13F2NO3S. The first-order valence-corrected chi connectivity index (χ1v) is 6.13. The number of ketones is 1. The van der Waals surface area contributed by atoms with Gasteiger partial charge in [-0.1, -0.05) is 0 Å². The average Bonchev–Trinajstić information content (AvgIpc) is 2.17. The van der Waals surface area contributed by atoms with E-state index in [9.17, 15) is 22.0 Å². The fourth-order valence-electron chi connectivity index (χ4n) is 1.63. The predicted octanol–water partition coefficient (Wildman–Crippen LogP) is 0.840. The van der Waals surface area contributed by atoms with Gasteiger partial charge >= 0.3 is 5.76 Å². The van der Waals surface area contributed by atoms with Crippen molar-refractivity contribution in [2.45, 2.75) is 25.5 Å². The van der Waals surface area contributed by atoms with Crippen LogP contribution in [0.4, 0.5) is 8.78 Å². The van der Waals surface area contributed by atoms with Gasteiger partial charge in [0.25, 0.3) is 10.0 Å². The summed E-state index contributed by atoms with van der Waals surface area (Å²) in [4.78, 5) is 11.0. The van der Waals surface area contributed by atoms with Crippen LogP contribution in [0.5, 0.6) is 0 Å². The molecule has 88 valence electrons. The van der Waals surface area contributed by atoms with E-state index in [0.29, 0.717) is 12.8 Å². The third-order valence-corrected chi connectivity index (χ3v) is 4.15. The number of alkyl halides is 2. The number of piperidine rings is 1. The van der Waals surface area contributed by atoms with Crippen molar-refractivity contribution in [3.05, 3.63) is 0 Å². The summed E-state index contributed by atoms with van der Waals surface area (Å²) in [5.41, 5.74) is 0. The van der Waals surface area contributed by atoms with Gasteiger partial charge in [-0.15, -0.1) is 0 Å². The number of hydrogen-bond acceptors (Lipinski definition) is 3. The lowest BCUT2D eigenvalue weighted by molar-refractivity contribution is -0.121. The van der Waals surface area contributed by atoms with Crippen molar-refractivity contribution in [2.24, 2.45) is 5.92 Å². The summed E-state index contributed by atoms with van der Waals surface area (Å²) >= 11 is 0. The van der Waals surface area contributed by atoms with Crippen LogP contribution in [-0.4, -0.2) is 37.4 Å². The largest absolute Gasteiger partial charge is 0.350 e. The van der Waals surface area contributed by atoms with Crippen LogP contribution in [0.15, 0.2) is 0 Å². The van der Waals surface area contributed by atoms with Gasteiger partial charge < -0.3 is 0 Å². The first-order valence-electron chi connectivity index (χ1n) is 4.63. The minimum absolute atomic E-state index is 0.0101. The minimum Gasteiger partial charge on any atom is -0.300 e. The first kappa shape index (κ1) is 12.5. The molecule has 0 saturated carbocycles. The molecule has 0 aliphatic carbocycles. The Balaban J connectivity index is 2.62. The number of rotatable bonds is 3. The van der Waals surface area contributed by atoms with E-state index in [2.05, 4.69) is 0 Å². The van der Waals surface area contributed by atoms with Crippen LogP contribution >= 0.6 is 0 Å². The number of sulfonamides is 1. The van der Waals surface area contributed by atoms with Crippen molar-refractivity contribution in [1.82, 2.24) is 4.31 Å². The van der Waals surface area contributed by atoms with Crippen molar-refractivity contribution >= 4 is 15.8 Å². The molecule has 0 N–H and O–H groups in total. The van der Waals surface area contributed by atoms with E-state index in [1.54, 1.807) is 0 Å². The molecule has 1 aliphatic rings. The molecule has 4 nitrogen and oxygen atoms in total. The molecule has 7 heteroatoms. The van der Waals surface area contributed by atoms with Gasteiger partial charge in [-0.2, -0.15) is 13.1 Å². The summed E-state index contributed by atoms with van der Waals surface area (Å²) in [7, 11) is -4.46. The number of carbonyl (C=O) groups is 1. The minimum atomic E-state index is -4.46. The molecule has 15 heavy (non-hydrogen) atoms. The number of halogens is 2. The highest BCUT2D eigenvalue weighted by Crippen LogP contribution is 2.22. The molecule has 1 saturated heterocycles. The monoisotopic (exact) mass is 241 g/mol. The Kier molecular flexibility index (Phi) is 3.77. The molecule has 0 aromatic heterocycles. The Hall–Kier alpha value is -0.560. The number of carbonyl (C=O) groups excluding carboxylic acids is 1. The molecule has 0 aromatic carbocycles. The third kappa shape index (κ3) is 2.72. The van der Waals surface area contributed by atoms with Gasteiger partial charge in [-0.05, 0) is 19.8 Å². The molecular weight excluding hydrogens is 228 g/mol. The summed E-state index contributed by atoms with van der Waals surface area (Å²) in [6.07, 6.45) is 0.669. The fraction of sp³-hybridized carbons (Fsp3) is 0.875. The molecule has 1 heterocycles. The van der Waals surface area contributed by atoms with Crippen molar-refractivity contribution in [1.29, 1.82) is 0 Å². The van der Waals surface area contributed by atoms with Gasteiger partial charge in [0.05, 0.1) is 0 Å². The molecule has 0 radical (unpaired) electrons. The maximum Gasteiger partial charge on any atom is 0.350 e. The zero-order chi connectivity index (χ0) is 11.6. The van der Waals surface area contributed by atoms with Crippen molar-refractivity contribution in [3.8, 4) is 0 Å². The summed E-state index contributed by atoms with van der Waals surface area (Å²) in [6.45, 7) is 1.45. The van der Waals surface area contributed by atoms with Crippen LogP contribution in [0.3, 0.4) is 0 Å². The average molecular weight is 241 g/mol.